The second-order valence-corrected chi connectivity index (χ2v) is 6.31. The molecule has 3 heterocycles. The molecule has 6 heteroatoms. The number of hydrogen-bond donors (Lipinski definition) is 3. The maximum atomic E-state index is 11.9. The fourth-order valence-corrected chi connectivity index (χ4v) is 3.53. The van der Waals surface area contributed by atoms with E-state index >= 15 is 0 Å². The van der Waals surface area contributed by atoms with E-state index in [-0.39, 0.29) is 18.0 Å². The van der Waals surface area contributed by atoms with Gasteiger partial charge in [0.05, 0.1) is 11.7 Å². The second kappa shape index (κ2) is 6.13. The van der Waals surface area contributed by atoms with Crippen molar-refractivity contribution in [2.75, 3.05) is 0 Å². The van der Waals surface area contributed by atoms with Crippen molar-refractivity contribution in [1.29, 1.82) is 0 Å². The summed E-state index contributed by atoms with van der Waals surface area (Å²) in [6.07, 6.45) is 5.12. The largest absolute Gasteiger partial charge is 0.361 e. The van der Waals surface area contributed by atoms with Crippen LogP contribution in [-0.4, -0.2) is 26.7 Å². The molecule has 3 aromatic rings. The monoisotopic (exact) mass is 323 g/mol. The van der Waals surface area contributed by atoms with Crippen molar-refractivity contribution in [3.8, 4) is 0 Å². The Kier molecular flexibility index (Phi) is 3.82. The number of amides is 1. The van der Waals surface area contributed by atoms with E-state index in [0.29, 0.717) is 6.42 Å². The van der Waals surface area contributed by atoms with Gasteiger partial charge in [0.1, 0.15) is 0 Å². The third kappa shape index (κ3) is 2.69. The van der Waals surface area contributed by atoms with Crippen LogP contribution in [0.2, 0.25) is 0 Å². The summed E-state index contributed by atoms with van der Waals surface area (Å²) in [6, 6.07) is 10.5. The van der Waals surface area contributed by atoms with E-state index < -0.39 is 0 Å². The van der Waals surface area contributed by atoms with Crippen molar-refractivity contribution in [2.45, 2.75) is 31.5 Å². The molecule has 4 rings (SSSR count). The molecule has 24 heavy (non-hydrogen) atoms. The Labute approximate surface area is 140 Å². The lowest BCUT2D eigenvalue weighted by Gasteiger charge is -2.33. The third-order valence-electron chi connectivity index (χ3n) is 4.82. The molecule has 1 aliphatic rings. The van der Waals surface area contributed by atoms with Crippen molar-refractivity contribution in [2.24, 2.45) is 7.05 Å². The zero-order valence-corrected chi connectivity index (χ0v) is 13.6. The van der Waals surface area contributed by atoms with Crippen LogP contribution in [0.4, 0.5) is 0 Å². The van der Waals surface area contributed by atoms with Gasteiger partial charge in [0, 0.05) is 49.4 Å². The maximum Gasteiger partial charge on any atom is 0.220 e. The van der Waals surface area contributed by atoms with Gasteiger partial charge in [0.15, 0.2) is 0 Å². The van der Waals surface area contributed by atoms with Crippen molar-refractivity contribution >= 4 is 16.8 Å². The van der Waals surface area contributed by atoms with E-state index in [1.807, 2.05) is 24.0 Å². The Hall–Kier alpha value is -2.60. The highest BCUT2D eigenvalue weighted by atomic mass is 16.1. The molecular weight excluding hydrogens is 302 g/mol. The Balaban J connectivity index is 1.55. The van der Waals surface area contributed by atoms with Gasteiger partial charge in [-0.05, 0) is 30.2 Å². The van der Waals surface area contributed by atoms with Crippen molar-refractivity contribution < 1.29 is 4.79 Å². The van der Waals surface area contributed by atoms with Crippen molar-refractivity contribution in [1.82, 2.24) is 25.4 Å². The minimum absolute atomic E-state index is 0.0517. The molecule has 3 N–H and O–H groups in total. The fraction of sp³-hybridized carbons (Fsp3) is 0.333. The van der Waals surface area contributed by atoms with Crippen LogP contribution in [0.1, 0.15) is 30.1 Å². The molecule has 1 saturated heterocycles. The van der Waals surface area contributed by atoms with Gasteiger partial charge >= 0.3 is 0 Å². The topological polar surface area (TPSA) is 74.7 Å². The number of aromatic amines is 1. The number of nitrogens with zero attached hydrogens (tertiary/aromatic N) is 2. The van der Waals surface area contributed by atoms with E-state index in [1.54, 1.807) is 6.20 Å². The van der Waals surface area contributed by atoms with Gasteiger partial charge < -0.3 is 15.6 Å². The molecule has 2 atom stereocenters. The van der Waals surface area contributed by atoms with E-state index in [2.05, 4.69) is 45.0 Å². The normalized spacial score (nSPS) is 21.1. The quantitative estimate of drug-likeness (QED) is 0.687. The highest BCUT2D eigenvalue weighted by Gasteiger charge is 2.31. The number of aryl methyl sites for hydroxylation is 1. The standard InChI is InChI=1S/C18H21N5O/c1-23-16(8-10-21-23)18-15(5-6-17(24)22-18)20-11-12-3-2-4-14-13(12)7-9-19-14/h2-4,7-10,15,18-20H,5-6,11H2,1H3,(H,22,24)/t15-,18-/m1/s1. The number of fused-ring (bicyclic) bond motifs is 1. The first-order chi connectivity index (χ1) is 11.7. The maximum absolute atomic E-state index is 11.9. The third-order valence-corrected chi connectivity index (χ3v) is 4.82. The van der Waals surface area contributed by atoms with Crippen LogP contribution in [0, 0.1) is 0 Å². The van der Waals surface area contributed by atoms with Crippen LogP contribution < -0.4 is 10.6 Å². The number of carbonyl (C=O) groups is 1. The lowest BCUT2D eigenvalue weighted by atomic mass is 9.95. The van der Waals surface area contributed by atoms with Crippen LogP contribution in [0.15, 0.2) is 42.7 Å². The minimum atomic E-state index is -0.0517. The summed E-state index contributed by atoms with van der Waals surface area (Å²) in [5.74, 6) is 0.104. The number of piperidine rings is 1. The summed E-state index contributed by atoms with van der Waals surface area (Å²) < 4.78 is 1.83. The SMILES string of the molecule is Cn1nccc1[C@@H]1NC(=O)CC[C@H]1NCc1cccc2[nH]ccc12. The van der Waals surface area contributed by atoms with Gasteiger partial charge in [-0.25, -0.2) is 0 Å². The van der Waals surface area contributed by atoms with Gasteiger partial charge in [-0.1, -0.05) is 12.1 Å². The molecule has 6 nitrogen and oxygen atoms in total. The molecule has 1 aliphatic heterocycles. The molecule has 124 valence electrons. The number of benzene rings is 1. The van der Waals surface area contributed by atoms with Gasteiger partial charge in [0.25, 0.3) is 0 Å². The Morgan fingerprint density at radius 2 is 2.25 bits per heavy atom. The molecule has 1 amide bonds. The van der Waals surface area contributed by atoms with Gasteiger partial charge in [-0.15, -0.1) is 0 Å². The predicted octanol–water partition coefficient (Wildman–Crippen LogP) is 2.01. The van der Waals surface area contributed by atoms with Gasteiger partial charge in [-0.2, -0.15) is 5.10 Å². The summed E-state index contributed by atoms with van der Waals surface area (Å²) in [6.45, 7) is 0.768. The molecule has 0 radical (unpaired) electrons. The summed E-state index contributed by atoms with van der Waals surface area (Å²) >= 11 is 0. The van der Waals surface area contributed by atoms with Crippen LogP contribution in [-0.2, 0) is 18.4 Å². The predicted molar refractivity (Wildman–Crippen MR) is 92.3 cm³/mol. The molecule has 0 unspecified atom stereocenters. The Morgan fingerprint density at radius 3 is 3.08 bits per heavy atom. The Bertz CT molecular complexity index is 865. The Morgan fingerprint density at radius 1 is 1.33 bits per heavy atom. The average Bonchev–Trinajstić information content (AvgIpc) is 3.22. The summed E-state index contributed by atoms with van der Waals surface area (Å²) in [7, 11) is 1.91. The van der Waals surface area contributed by atoms with Crippen molar-refractivity contribution in [3.05, 3.63) is 54.0 Å². The minimum Gasteiger partial charge on any atom is -0.361 e. The first kappa shape index (κ1) is 15.0. The molecule has 1 fully saturated rings. The summed E-state index contributed by atoms with van der Waals surface area (Å²) in [4.78, 5) is 15.1. The zero-order valence-electron chi connectivity index (χ0n) is 13.6. The van der Waals surface area contributed by atoms with E-state index in [9.17, 15) is 4.79 Å². The lowest BCUT2D eigenvalue weighted by Crippen LogP contribution is -2.48. The first-order valence-corrected chi connectivity index (χ1v) is 8.28. The zero-order chi connectivity index (χ0) is 16.5. The van der Waals surface area contributed by atoms with Crippen LogP contribution >= 0.6 is 0 Å². The molecule has 2 aromatic heterocycles. The number of nitrogens with one attached hydrogen (secondary N) is 3. The summed E-state index contributed by atoms with van der Waals surface area (Å²) in [5.41, 5.74) is 3.43. The molecule has 0 aliphatic carbocycles. The van der Waals surface area contributed by atoms with Crippen LogP contribution in [0.5, 0.6) is 0 Å². The molecule has 0 saturated carbocycles. The van der Waals surface area contributed by atoms with E-state index in [1.165, 1.54) is 10.9 Å². The number of H-pyrrole nitrogens is 1. The van der Waals surface area contributed by atoms with Crippen LogP contribution in [0.3, 0.4) is 0 Å². The van der Waals surface area contributed by atoms with E-state index in [4.69, 9.17) is 0 Å². The lowest BCUT2D eigenvalue weighted by molar-refractivity contribution is -0.124. The average molecular weight is 323 g/mol. The number of hydrogen-bond acceptors (Lipinski definition) is 3. The van der Waals surface area contributed by atoms with Gasteiger partial charge in [-0.3, -0.25) is 9.48 Å². The van der Waals surface area contributed by atoms with E-state index in [0.717, 1.165) is 24.2 Å². The highest BCUT2D eigenvalue weighted by Crippen LogP contribution is 2.25. The molecule has 0 spiro atoms. The summed E-state index contributed by atoms with van der Waals surface area (Å²) in [5, 5.41) is 12.2. The highest BCUT2D eigenvalue weighted by molar-refractivity contribution is 5.82. The number of aromatic nitrogens is 3. The molecule has 1 aromatic carbocycles. The first-order valence-electron chi connectivity index (χ1n) is 8.28. The van der Waals surface area contributed by atoms with Crippen LogP contribution in [0.25, 0.3) is 10.9 Å². The van der Waals surface area contributed by atoms with Gasteiger partial charge in [0.2, 0.25) is 5.91 Å². The number of rotatable bonds is 4. The smallest absolute Gasteiger partial charge is 0.220 e. The fourth-order valence-electron chi connectivity index (χ4n) is 3.53. The molecular formula is C18H21N5O. The van der Waals surface area contributed by atoms with Crippen molar-refractivity contribution in [3.63, 3.8) is 0 Å². The second-order valence-electron chi connectivity index (χ2n) is 6.31. The number of carbonyl (C=O) groups excluding carboxylic acids is 1. The molecule has 0 bridgehead atoms.